The van der Waals surface area contributed by atoms with E-state index in [0.29, 0.717) is 11.8 Å². The molecule has 2 rings (SSSR count). The molecule has 2 aromatic rings. The Kier molecular flexibility index (Phi) is 5.33. The van der Waals surface area contributed by atoms with E-state index in [-0.39, 0.29) is 22.4 Å². The van der Waals surface area contributed by atoms with Crippen LogP contribution in [0.2, 0.25) is 0 Å². The molecular formula is C16H12F2O4S. The number of carbonyl (C=O) groups excluding carboxylic acids is 1. The summed E-state index contributed by atoms with van der Waals surface area (Å²) >= 11 is 0.895. The lowest BCUT2D eigenvalue weighted by molar-refractivity contribution is 0.0694. The van der Waals surface area contributed by atoms with Crippen molar-refractivity contribution in [3.63, 3.8) is 0 Å². The van der Waals surface area contributed by atoms with Crippen molar-refractivity contribution >= 4 is 23.0 Å². The molecule has 0 heterocycles. The van der Waals surface area contributed by atoms with Gasteiger partial charge in [-0.15, -0.1) is 0 Å². The van der Waals surface area contributed by atoms with E-state index in [1.165, 1.54) is 24.3 Å². The third kappa shape index (κ3) is 4.07. The molecular weight excluding hydrogens is 326 g/mol. The number of carboxylic acid groups (broad SMARTS) is 1. The second kappa shape index (κ2) is 7.23. The minimum absolute atomic E-state index is 0.0507. The van der Waals surface area contributed by atoms with Crippen molar-refractivity contribution in [2.24, 2.45) is 0 Å². The summed E-state index contributed by atoms with van der Waals surface area (Å²) < 4.78 is 31.7. The van der Waals surface area contributed by atoms with E-state index in [2.05, 4.69) is 0 Å². The van der Waals surface area contributed by atoms with Crippen LogP contribution in [-0.2, 0) is 0 Å². The Morgan fingerprint density at radius 1 is 1.17 bits per heavy atom. The summed E-state index contributed by atoms with van der Waals surface area (Å²) in [6, 6.07) is 6.85. The van der Waals surface area contributed by atoms with Gasteiger partial charge in [-0.2, -0.15) is 0 Å². The molecule has 0 bridgehead atoms. The summed E-state index contributed by atoms with van der Waals surface area (Å²) in [6.45, 7) is 1.75. The zero-order valence-corrected chi connectivity index (χ0v) is 12.8. The normalized spacial score (nSPS) is 10.4. The number of hydrogen-bond acceptors (Lipinski definition) is 4. The van der Waals surface area contributed by atoms with E-state index in [9.17, 15) is 23.5 Å². The van der Waals surface area contributed by atoms with E-state index in [1.807, 2.05) is 0 Å². The van der Waals surface area contributed by atoms with Crippen LogP contribution in [0, 0.1) is 11.6 Å². The number of rotatable bonds is 4. The van der Waals surface area contributed by atoms with Crippen LogP contribution < -0.4 is 4.74 Å². The van der Waals surface area contributed by atoms with Crippen molar-refractivity contribution in [3.8, 4) is 16.9 Å². The highest BCUT2D eigenvalue weighted by molar-refractivity contribution is 8.13. The van der Waals surface area contributed by atoms with Crippen LogP contribution in [0.25, 0.3) is 11.1 Å². The van der Waals surface area contributed by atoms with Gasteiger partial charge in [0.1, 0.15) is 22.9 Å². The van der Waals surface area contributed by atoms with Gasteiger partial charge in [0.05, 0.1) is 0 Å². The lowest BCUT2D eigenvalue weighted by Gasteiger charge is -2.10. The molecule has 23 heavy (non-hydrogen) atoms. The van der Waals surface area contributed by atoms with Gasteiger partial charge < -0.3 is 9.84 Å². The van der Waals surface area contributed by atoms with Crippen molar-refractivity contribution in [2.75, 3.05) is 5.75 Å². The van der Waals surface area contributed by atoms with E-state index in [1.54, 1.807) is 6.92 Å². The first-order valence-corrected chi connectivity index (χ1v) is 7.58. The summed E-state index contributed by atoms with van der Waals surface area (Å²) in [4.78, 5) is 22.8. The highest BCUT2D eigenvalue weighted by atomic mass is 32.2. The molecule has 0 aliphatic heterocycles. The first kappa shape index (κ1) is 17.0. The molecule has 0 fully saturated rings. The fraction of sp³-hybridized carbons (Fsp3) is 0.125. The Balaban J connectivity index is 2.43. The van der Waals surface area contributed by atoms with Gasteiger partial charge in [0.2, 0.25) is 0 Å². The van der Waals surface area contributed by atoms with Gasteiger partial charge in [-0.25, -0.2) is 18.4 Å². The van der Waals surface area contributed by atoms with Gasteiger partial charge in [0.15, 0.2) is 0 Å². The summed E-state index contributed by atoms with van der Waals surface area (Å²) in [5.74, 6) is -2.51. The Morgan fingerprint density at radius 2 is 1.91 bits per heavy atom. The highest BCUT2D eigenvalue weighted by Crippen LogP contribution is 2.29. The molecule has 0 unspecified atom stereocenters. The van der Waals surface area contributed by atoms with Crippen LogP contribution in [0.15, 0.2) is 36.4 Å². The van der Waals surface area contributed by atoms with Crippen LogP contribution in [0.3, 0.4) is 0 Å². The zero-order valence-electron chi connectivity index (χ0n) is 12.0. The predicted molar refractivity (Wildman–Crippen MR) is 82.9 cm³/mol. The average molecular weight is 338 g/mol. The van der Waals surface area contributed by atoms with Gasteiger partial charge in [0.25, 0.3) is 0 Å². The molecule has 0 saturated heterocycles. The topological polar surface area (TPSA) is 63.6 Å². The smallest absolute Gasteiger partial charge is 0.372 e. The maximum Gasteiger partial charge on any atom is 0.372 e. The molecule has 2 aromatic carbocycles. The van der Waals surface area contributed by atoms with Crippen LogP contribution in [-0.4, -0.2) is 22.1 Å². The number of carbonyl (C=O) groups is 2. The molecule has 0 amide bonds. The number of thioether (sulfide) groups is 1. The second-order valence-corrected chi connectivity index (χ2v) is 5.62. The largest absolute Gasteiger partial charge is 0.478 e. The predicted octanol–water partition coefficient (Wildman–Crippen LogP) is 4.58. The average Bonchev–Trinajstić information content (AvgIpc) is 2.48. The summed E-state index contributed by atoms with van der Waals surface area (Å²) in [5.41, 5.74) is 0.00818. The minimum atomic E-state index is -1.32. The maximum absolute atomic E-state index is 13.8. The van der Waals surface area contributed by atoms with Gasteiger partial charge in [-0.1, -0.05) is 13.0 Å². The van der Waals surface area contributed by atoms with Crippen LogP contribution >= 0.6 is 11.8 Å². The van der Waals surface area contributed by atoms with Crippen molar-refractivity contribution in [1.29, 1.82) is 0 Å². The Hall–Kier alpha value is -2.41. The molecule has 0 aliphatic rings. The van der Waals surface area contributed by atoms with E-state index in [0.717, 1.165) is 17.8 Å². The van der Waals surface area contributed by atoms with Gasteiger partial charge in [-0.05, 0) is 41.6 Å². The Morgan fingerprint density at radius 3 is 2.52 bits per heavy atom. The van der Waals surface area contributed by atoms with Crippen LogP contribution in [0.4, 0.5) is 13.6 Å². The molecule has 0 aromatic heterocycles. The molecule has 7 heteroatoms. The number of benzene rings is 2. The van der Waals surface area contributed by atoms with E-state index in [4.69, 9.17) is 4.74 Å². The molecule has 1 N–H and O–H groups in total. The first-order valence-electron chi connectivity index (χ1n) is 6.59. The first-order chi connectivity index (χ1) is 10.9. The zero-order chi connectivity index (χ0) is 17.0. The third-order valence-corrected chi connectivity index (χ3v) is 3.52. The molecule has 120 valence electrons. The third-order valence-electron chi connectivity index (χ3n) is 2.91. The van der Waals surface area contributed by atoms with Crippen LogP contribution in [0.1, 0.15) is 17.3 Å². The molecule has 0 saturated carbocycles. The summed E-state index contributed by atoms with van der Waals surface area (Å²) in [6.07, 6.45) is 0. The van der Waals surface area contributed by atoms with Crippen molar-refractivity contribution in [2.45, 2.75) is 6.92 Å². The number of ether oxygens (including phenoxy) is 1. The van der Waals surface area contributed by atoms with E-state index < -0.39 is 22.9 Å². The lowest BCUT2D eigenvalue weighted by Crippen LogP contribution is -2.07. The molecule has 4 nitrogen and oxygen atoms in total. The Labute approximate surface area is 135 Å². The van der Waals surface area contributed by atoms with E-state index >= 15 is 0 Å². The van der Waals surface area contributed by atoms with Crippen molar-refractivity contribution in [1.82, 2.24) is 0 Å². The highest BCUT2D eigenvalue weighted by Gasteiger charge is 2.17. The molecule has 0 atom stereocenters. The maximum atomic E-state index is 13.8. The lowest BCUT2D eigenvalue weighted by atomic mass is 10.0. The Bertz CT molecular complexity index is 762. The molecule has 0 spiro atoms. The van der Waals surface area contributed by atoms with Crippen molar-refractivity contribution in [3.05, 3.63) is 53.6 Å². The number of carboxylic acids is 1. The van der Waals surface area contributed by atoms with Gasteiger partial charge >= 0.3 is 11.3 Å². The molecule has 0 aliphatic carbocycles. The number of aromatic carboxylic acids is 1. The summed E-state index contributed by atoms with van der Waals surface area (Å²) in [5, 5.41) is 8.61. The fourth-order valence-electron chi connectivity index (χ4n) is 1.91. The quantitative estimate of drug-likeness (QED) is 0.827. The van der Waals surface area contributed by atoms with Gasteiger partial charge in [0, 0.05) is 17.4 Å². The number of halogens is 2. The van der Waals surface area contributed by atoms with Gasteiger partial charge in [-0.3, -0.25) is 0 Å². The fourth-order valence-corrected chi connectivity index (χ4v) is 2.30. The number of hydrogen-bond donors (Lipinski definition) is 1. The molecule has 0 radical (unpaired) electrons. The van der Waals surface area contributed by atoms with Crippen molar-refractivity contribution < 1.29 is 28.2 Å². The SMILES string of the molecule is CCSC(=O)Oc1ccc(-c2ccc(F)cc2F)cc1C(=O)O. The monoisotopic (exact) mass is 338 g/mol. The summed E-state index contributed by atoms with van der Waals surface area (Å²) in [7, 11) is 0. The standard InChI is InChI=1S/C16H12F2O4S/c1-2-23-16(21)22-14-6-3-9(7-12(14)15(19)20)11-5-4-10(17)8-13(11)18/h3-8H,2H2,1H3,(H,19,20). The van der Waals surface area contributed by atoms with Crippen LogP contribution in [0.5, 0.6) is 5.75 Å². The minimum Gasteiger partial charge on any atom is -0.478 e. The second-order valence-electron chi connectivity index (χ2n) is 4.43.